The van der Waals surface area contributed by atoms with Gasteiger partial charge in [0, 0.05) is 39.8 Å². The molecule has 1 fully saturated rings. The zero-order valence-corrected chi connectivity index (χ0v) is 14.1. The van der Waals surface area contributed by atoms with Gasteiger partial charge < -0.3 is 24.8 Å². The Morgan fingerprint density at radius 3 is 2.57 bits per heavy atom. The first-order valence-electron chi connectivity index (χ1n) is 7.87. The van der Waals surface area contributed by atoms with Crippen molar-refractivity contribution in [2.45, 2.75) is 18.9 Å². The van der Waals surface area contributed by atoms with Crippen LogP contribution in [0.15, 0.2) is 0 Å². The van der Waals surface area contributed by atoms with Crippen molar-refractivity contribution in [2.75, 3.05) is 74.1 Å². The molecule has 0 bridgehead atoms. The van der Waals surface area contributed by atoms with Crippen molar-refractivity contribution < 1.29 is 9.53 Å². The summed E-state index contributed by atoms with van der Waals surface area (Å²) in [6.45, 7) is 5.81. The molecule has 0 radical (unpaired) electrons. The van der Waals surface area contributed by atoms with E-state index in [4.69, 9.17) is 4.74 Å². The Labute approximate surface area is 129 Å². The minimum absolute atomic E-state index is 0.142. The van der Waals surface area contributed by atoms with Gasteiger partial charge in [0.1, 0.15) is 0 Å². The highest BCUT2D eigenvalue weighted by atomic mass is 16.5. The summed E-state index contributed by atoms with van der Waals surface area (Å²) in [5.41, 5.74) is 0. The standard InChI is InChI=1S/C15H32N4O2/c1-17-8-5-14(6-9-17)18(2)10-11-19(3)15(20)13-16-7-12-21-4/h14,16H,5-13H2,1-4H3. The van der Waals surface area contributed by atoms with Crippen molar-refractivity contribution in [2.24, 2.45) is 0 Å². The second-order valence-electron chi connectivity index (χ2n) is 6.00. The highest BCUT2D eigenvalue weighted by Crippen LogP contribution is 2.13. The van der Waals surface area contributed by atoms with Crippen LogP contribution in [-0.4, -0.2) is 101 Å². The summed E-state index contributed by atoms with van der Waals surface area (Å²) in [4.78, 5) is 18.5. The molecule has 1 heterocycles. The molecular weight excluding hydrogens is 268 g/mol. The van der Waals surface area contributed by atoms with Crippen LogP contribution in [0, 0.1) is 0 Å². The Hall–Kier alpha value is -0.690. The molecule has 1 aliphatic heterocycles. The maximum absolute atomic E-state index is 11.9. The number of nitrogens with zero attached hydrogens (tertiary/aromatic N) is 3. The van der Waals surface area contributed by atoms with Crippen LogP contribution in [-0.2, 0) is 9.53 Å². The van der Waals surface area contributed by atoms with E-state index >= 15 is 0 Å². The molecule has 0 spiro atoms. The molecule has 6 heteroatoms. The number of amides is 1. The van der Waals surface area contributed by atoms with Crippen LogP contribution in [0.5, 0.6) is 0 Å². The molecule has 0 saturated carbocycles. The lowest BCUT2D eigenvalue weighted by Gasteiger charge is -2.35. The Morgan fingerprint density at radius 2 is 1.95 bits per heavy atom. The number of ether oxygens (including phenoxy) is 1. The molecule has 1 rings (SSSR count). The van der Waals surface area contributed by atoms with E-state index in [1.807, 2.05) is 11.9 Å². The SMILES string of the molecule is COCCNCC(=O)N(C)CCN(C)C1CCN(C)CC1. The van der Waals surface area contributed by atoms with Crippen molar-refractivity contribution in [1.82, 2.24) is 20.0 Å². The minimum Gasteiger partial charge on any atom is -0.383 e. The van der Waals surface area contributed by atoms with E-state index in [9.17, 15) is 4.79 Å². The average Bonchev–Trinajstić information content (AvgIpc) is 2.49. The zero-order chi connectivity index (χ0) is 15.7. The molecule has 0 aromatic rings. The molecule has 0 atom stereocenters. The number of piperidine rings is 1. The van der Waals surface area contributed by atoms with Crippen LogP contribution in [0.1, 0.15) is 12.8 Å². The lowest BCUT2D eigenvalue weighted by molar-refractivity contribution is -0.129. The summed E-state index contributed by atoms with van der Waals surface area (Å²) >= 11 is 0. The maximum Gasteiger partial charge on any atom is 0.236 e. The van der Waals surface area contributed by atoms with Crippen LogP contribution in [0.3, 0.4) is 0 Å². The summed E-state index contributed by atoms with van der Waals surface area (Å²) in [6, 6.07) is 0.657. The second-order valence-corrected chi connectivity index (χ2v) is 6.00. The molecule has 1 aliphatic rings. The number of likely N-dealkylation sites (tertiary alicyclic amines) is 1. The van der Waals surface area contributed by atoms with Crippen LogP contribution in [0.2, 0.25) is 0 Å². The van der Waals surface area contributed by atoms with E-state index < -0.39 is 0 Å². The molecule has 0 aromatic carbocycles. The number of hydrogen-bond acceptors (Lipinski definition) is 5. The number of carbonyl (C=O) groups is 1. The topological polar surface area (TPSA) is 48.1 Å². The molecule has 1 amide bonds. The van der Waals surface area contributed by atoms with E-state index in [0.717, 1.165) is 13.1 Å². The summed E-state index contributed by atoms with van der Waals surface area (Å²) in [6.07, 6.45) is 2.45. The molecular formula is C15H32N4O2. The van der Waals surface area contributed by atoms with Gasteiger partial charge in [-0.25, -0.2) is 0 Å². The van der Waals surface area contributed by atoms with Gasteiger partial charge in [-0.15, -0.1) is 0 Å². The van der Waals surface area contributed by atoms with Gasteiger partial charge in [-0.2, -0.15) is 0 Å². The van der Waals surface area contributed by atoms with Crippen molar-refractivity contribution in [3.63, 3.8) is 0 Å². The third kappa shape index (κ3) is 7.22. The van der Waals surface area contributed by atoms with Gasteiger partial charge >= 0.3 is 0 Å². The number of hydrogen-bond donors (Lipinski definition) is 1. The van der Waals surface area contributed by atoms with Crippen molar-refractivity contribution in [3.05, 3.63) is 0 Å². The number of rotatable bonds is 9. The zero-order valence-electron chi connectivity index (χ0n) is 14.1. The largest absolute Gasteiger partial charge is 0.383 e. The molecule has 1 N–H and O–H groups in total. The van der Waals surface area contributed by atoms with E-state index in [-0.39, 0.29) is 5.91 Å². The Bertz CT molecular complexity index is 293. The molecule has 124 valence electrons. The third-order valence-corrected chi connectivity index (χ3v) is 4.28. The normalized spacial score (nSPS) is 17.4. The molecule has 21 heavy (non-hydrogen) atoms. The van der Waals surface area contributed by atoms with Crippen LogP contribution < -0.4 is 5.32 Å². The minimum atomic E-state index is 0.142. The predicted octanol–water partition coefficient (Wildman–Crippen LogP) is -0.293. The summed E-state index contributed by atoms with van der Waals surface area (Å²) in [7, 11) is 7.89. The van der Waals surface area contributed by atoms with E-state index in [1.165, 1.54) is 25.9 Å². The number of methoxy groups -OCH3 is 1. The molecule has 6 nitrogen and oxygen atoms in total. The number of carbonyl (C=O) groups excluding carboxylic acids is 1. The van der Waals surface area contributed by atoms with Gasteiger partial charge in [0.15, 0.2) is 0 Å². The quantitative estimate of drug-likeness (QED) is 0.593. The van der Waals surface area contributed by atoms with Crippen LogP contribution in [0.25, 0.3) is 0 Å². The average molecular weight is 300 g/mol. The predicted molar refractivity (Wildman–Crippen MR) is 85.5 cm³/mol. The summed E-state index contributed by atoms with van der Waals surface area (Å²) < 4.78 is 4.94. The van der Waals surface area contributed by atoms with Gasteiger partial charge in [0.05, 0.1) is 13.2 Å². The van der Waals surface area contributed by atoms with Gasteiger partial charge in [0.2, 0.25) is 5.91 Å². The van der Waals surface area contributed by atoms with Gasteiger partial charge in [-0.05, 0) is 40.0 Å². The Kier molecular flexibility index (Phi) is 8.84. The lowest BCUT2D eigenvalue weighted by Crippen LogP contribution is -2.45. The van der Waals surface area contributed by atoms with E-state index in [0.29, 0.717) is 25.7 Å². The summed E-state index contributed by atoms with van der Waals surface area (Å²) in [5.74, 6) is 0.142. The van der Waals surface area contributed by atoms with Crippen LogP contribution in [0.4, 0.5) is 0 Å². The van der Waals surface area contributed by atoms with Crippen molar-refractivity contribution >= 4 is 5.91 Å². The highest BCUT2D eigenvalue weighted by molar-refractivity contribution is 5.77. The molecule has 0 unspecified atom stereocenters. The van der Waals surface area contributed by atoms with Gasteiger partial charge in [0.25, 0.3) is 0 Å². The van der Waals surface area contributed by atoms with Gasteiger partial charge in [-0.1, -0.05) is 0 Å². The monoisotopic (exact) mass is 300 g/mol. The fourth-order valence-electron chi connectivity index (χ4n) is 2.56. The summed E-state index contributed by atoms with van der Waals surface area (Å²) in [5, 5.41) is 3.09. The fraction of sp³-hybridized carbons (Fsp3) is 0.933. The third-order valence-electron chi connectivity index (χ3n) is 4.28. The first-order valence-corrected chi connectivity index (χ1v) is 7.87. The number of likely N-dealkylation sites (N-methyl/N-ethyl adjacent to an activating group) is 2. The molecule has 1 saturated heterocycles. The van der Waals surface area contributed by atoms with Crippen molar-refractivity contribution in [1.29, 1.82) is 0 Å². The molecule has 0 aliphatic carbocycles. The molecule has 0 aromatic heterocycles. The number of nitrogens with one attached hydrogen (secondary N) is 1. The first-order chi connectivity index (χ1) is 10.0. The Balaban J connectivity index is 2.16. The fourth-order valence-corrected chi connectivity index (χ4v) is 2.56. The second kappa shape index (κ2) is 10.1. The first kappa shape index (κ1) is 18.4. The van der Waals surface area contributed by atoms with E-state index in [1.54, 1.807) is 7.11 Å². The van der Waals surface area contributed by atoms with Crippen LogP contribution >= 0.6 is 0 Å². The smallest absolute Gasteiger partial charge is 0.236 e. The van der Waals surface area contributed by atoms with Gasteiger partial charge in [-0.3, -0.25) is 4.79 Å². The van der Waals surface area contributed by atoms with Crippen molar-refractivity contribution in [3.8, 4) is 0 Å². The van der Waals surface area contributed by atoms with E-state index in [2.05, 4.69) is 29.2 Å². The Morgan fingerprint density at radius 1 is 1.29 bits per heavy atom. The lowest BCUT2D eigenvalue weighted by atomic mass is 10.0. The maximum atomic E-state index is 11.9. The highest BCUT2D eigenvalue weighted by Gasteiger charge is 2.20.